The van der Waals surface area contributed by atoms with Gasteiger partial charge in [-0.2, -0.15) is 13.2 Å². The maximum Gasteiger partial charge on any atom is 0.416 e. The molecule has 12 heteroatoms. The first-order valence-electron chi connectivity index (χ1n) is 8.23. The van der Waals surface area contributed by atoms with E-state index in [0.29, 0.717) is 16.5 Å². The predicted molar refractivity (Wildman–Crippen MR) is 105 cm³/mol. The summed E-state index contributed by atoms with van der Waals surface area (Å²) in [7, 11) is 1.41. The number of methoxy groups -OCH3 is 1. The van der Waals surface area contributed by atoms with Gasteiger partial charge >= 0.3 is 11.9 Å². The maximum atomic E-state index is 12.9. The fourth-order valence-corrected chi connectivity index (χ4v) is 2.72. The molecule has 2 N–H and O–H groups in total. The van der Waals surface area contributed by atoms with Crippen molar-refractivity contribution in [3.63, 3.8) is 0 Å². The first kappa shape index (κ1) is 21.1. The summed E-state index contributed by atoms with van der Waals surface area (Å²) in [6.07, 6.45) is -3.53. The maximum absolute atomic E-state index is 12.9. The van der Waals surface area contributed by atoms with E-state index in [9.17, 15) is 23.3 Å². The van der Waals surface area contributed by atoms with E-state index in [0.717, 1.165) is 18.5 Å². The second-order valence-corrected chi connectivity index (χ2v) is 6.29. The monoisotopic (exact) mass is 439 g/mol. The van der Waals surface area contributed by atoms with Gasteiger partial charge in [-0.05, 0) is 36.4 Å². The Bertz CT molecular complexity index is 1090. The van der Waals surface area contributed by atoms with Crippen LogP contribution in [-0.4, -0.2) is 22.0 Å². The Morgan fingerprint density at radius 2 is 1.80 bits per heavy atom. The van der Waals surface area contributed by atoms with Crippen molar-refractivity contribution >= 4 is 40.3 Å². The van der Waals surface area contributed by atoms with E-state index in [4.69, 9.17) is 16.3 Å². The molecule has 0 atom stereocenters. The van der Waals surface area contributed by atoms with Crippen molar-refractivity contribution in [2.75, 3.05) is 17.7 Å². The van der Waals surface area contributed by atoms with Gasteiger partial charge in [0, 0.05) is 10.7 Å². The first-order valence-corrected chi connectivity index (χ1v) is 8.61. The van der Waals surface area contributed by atoms with E-state index < -0.39 is 22.4 Å². The van der Waals surface area contributed by atoms with Crippen LogP contribution < -0.4 is 15.4 Å². The third-order valence-corrected chi connectivity index (χ3v) is 4.11. The molecule has 0 saturated heterocycles. The minimum absolute atomic E-state index is 0.0297. The molecule has 0 aliphatic carbocycles. The van der Waals surface area contributed by atoms with Gasteiger partial charge in [0.1, 0.15) is 12.1 Å². The van der Waals surface area contributed by atoms with Crippen molar-refractivity contribution in [3.8, 4) is 5.75 Å². The normalized spacial score (nSPS) is 11.1. The number of nitrogens with one attached hydrogen (secondary N) is 2. The molecule has 156 valence electrons. The number of alkyl halides is 3. The van der Waals surface area contributed by atoms with Crippen LogP contribution >= 0.6 is 11.6 Å². The molecule has 0 spiro atoms. The number of ether oxygens (including phenoxy) is 1. The van der Waals surface area contributed by atoms with Crippen LogP contribution in [-0.2, 0) is 6.18 Å². The Balaban J connectivity index is 2.00. The van der Waals surface area contributed by atoms with E-state index in [1.54, 1.807) is 12.1 Å². The molecule has 0 amide bonds. The number of anilines is 4. The van der Waals surface area contributed by atoms with E-state index in [-0.39, 0.29) is 17.3 Å². The number of benzene rings is 2. The zero-order valence-corrected chi connectivity index (χ0v) is 16.0. The molecule has 0 aliphatic heterocycles. The zero-order valence-electron chi connectivity index (χ0n) is 15.2. The molecule has 0 unspecified atom stereocenters. The number of nitrogens with zero attached hydrogens (tertiary/aromatic N) is 3. The Kier molecular flexibility index (Phi) is 5.92. The highest BCUT2D eigenvalue weighted by Crippen LogP contribution is 2.37. The van der Waals surface area contributed by atoms with Gasteiger partial charge < -0.3 is 15.4 Å². The third kappa shape index (κ3) is 4.69. The summed E-state index contributed by atoms with van der Waals surface area (Å²) in [6, 6.07) is 8.81. The van der Waals surface area contributed by atoms with Gasteiger partial charge in [-0.1, -0.05) is 17.7 Å². The summed E-state index contributed by atoms with van der Waals surface area (Å²) in [5, 5.41) is 17.3. The number of hydrogen-bond donors (Lipinski definition) is 2. The average Bonchev–Trinajstić information content (AvgIpc) is 2.68. The Hall–Kier alpha value is -3.60. The molecule has 0 aliphatic rings. The third-order valence-electron chi connectivity index (χ3n) is 3.87. The van der Waals surface area contributed by atoms with Crippen molar-refractivity contribution in [1.82, 2.24) is 9.97 Å². The molecule has 0 saturated carbocycles. The SMILES string of the molecule is COc1ccc(Cl)cc1Nc1ncnc(Nc2cccc(C(F)(F)F)c2)c1[N+](=O)[O-]. The molecule has 30 heavy (non-hydrogen) atoms. The van der Waals surface area contributed by atoms with Crippen LogP contribution in [0.3, 0.4) is 0 Å². The smallest absolute Gasteiger partial charge is 0.416 e. The Labute approximate surface area is 172 Å². The van der Waals surface area contributed by atoms with Crippen molar-refractivity contribution in [1.29, 1.82) is 0 Å². The van der Waals surface area contributed by atoms with Crippen LogP contribution in [0, 0.1) is 10.1 Å². The van der Waals surface area contributed by atoms with Crippen LogP contribution in [0.2, 0.25) is 5.02 Å². The standard InChI is InChI=1S/C18H13ClF3N5O3/c1-30-14-6-5-11(19)8-13(14)26-17-15(27(28)29)16(23-9-24-17)25-12-4-2-3-10(7-12)18(20,21)22/h2-9H,1H3,(H2,23,24,25,26). The minimum Gasteiger partial charge on any atom is -0.495 e. The van der Waals surface area contributed by atoms with Crippen molar-refractivity contribution in [2.24, 2.45) is 0 Å². The van der Waals surface area contributed by atoms with E-state index in [1.807, 2.05) is 0 Å². The molecular weight excluding hydrogens is 427 g/mol. The fourth-order valence-electron chi connectivity index (χ4n) is 2.55. The highest BCUT2D eigenvalue weighted by Gasteiger charge is 2.31. The number of nitro groups is 1. The zero-order chi connectivity index (χ0) is 21.9. The van der Waals surface area contributed by atoms with Gasteiger partial charge in [0.05, 0.1) is 23.3 Å². The lowest BCUT2D eigenvalue weighted by molar-refractivity contribution is -0.383. The molecule has 0 fully saturated rings. The quantitative estimate of drug-likeness (QED) is 0.383. The molecule has 1 heterocycles. The second kappa shape index (κ2) is 8.41. The van der Waals surface area contributed by atoms with E-state index >= 15 is 0 Å². The molecule has 0 bridgehead atoms. The Morgan fingerprint density at radius 1 is 1.10 bits per heavy atom. The topological polar surface area (TPSA) is 102 Å². The molecule has 2 aromatic carbocycles. The summed E-state index contributed by atoms with van der Waals surface area (Å²) in [6.45, 7) is 0. The highest BCUT2D eigenvalue weighted by atomic mass is 35.5. The van der Waals surface area contributed by atoms with Crippen LogP contribution in [0.5, 0.6) is 5.75 Å². The van der Waals surface area contributed by atoms with E-state index in [2.05, 4.69) is 20.6 Å². The second-order valence-electron chi connectivity index (χ2n) is 5.85. The van der Waals surface area contributed by atoms with Gasteiger partial charge in [0.25, 0.3) is 0 Å². The predicted octanol–water partition coefficient (Wildman–Crippen LogP) is 5.55. The number of aromatic nitrogens is 2. The lowest BCUT2D eigenvalue weighted by Gasteiger charge is -2.13. The summed E-state index contributed by atoms with van der Waals surface area (Å²) >= 11 is 5.97. The number of rotatable bonds is 6. The van der Waals surface area contributed by atoms with Gasteiger partial charge in [0.15, 0.2) is 0 Å². The fraction of sp³-hybridized carbons (Fsp3) is 0.111. The van der Waals surface area contributed by atoms with Gasteiger partial charge in [-0.25, -0.2) is 9.97 Å². The summed E-state index contributed by atoms with van der Waals surface area (Å²) in [4.78, 5) is 18.6. The van der Waals surface area contributed by atoms with Crippen LogP contribution in [0.15, 0.2) is 48.8 Å². The largest absolute Gasteiger partial charge is 0.495 e. The van der Waals surface area contributed by atoms with Crippen LogP contribution in [0.4, 0.5) is 41.9 Å². The van der Waals surface area contributed by atoms with Gasteiger partial charge in [-0.15, -0.1) is 0 Å². The number of hydrogen-bond acceptors (Lipinski definition) is 7. The lowest BCUT2D eigenvalue weighted by atomic mass is 10.2. The Morgan fingerprint density at radius 3 is 2.43 bits per heavy atom. The van der Waals surface area contributed by atoms with Gasteiger partial charge in [0.2, 0.25) is 11.6 Å². The average molecular weight is 440 g/mol. The van der Waals surface area contributed by atoms with E-state index in [1.165, 1.54) is 25.3 Å². The van der Waals surface area contributed by atoms with Crippen molar-refractivity contribution in [2.45, 2.75) is 6.18 Å². The van der Waals surface area contributed by atoms with Crippen LogP contribution in [0.25, 0.3) is 0 Å². The molecule has 3 aromatic rings. The lowest BCUT2D eigenvalue weighted by Crippen LogP contribution is -2.07. The number of halogens is 4. The minimum atomic E-state index is -4.56. The summed E-state index contributed by atoms with van der Waals surface area (Å²) in [5.74, 6) is -0.150. The van der Waals surface area contributed by atoms with Gasteiger partial charge in [-0.3, -0.25) is 10.1 Å². The summed E-state index contributed by atoms with van der Waals surface area (Å²) in [5.41, 5.74) is -1.21. The summed E-state index contributed by atoms with van der Waals surface area (Å²) < 4.78 is 44.0. The highest BCUT2D eigenvalue weighted by molar-refractivity contribution is 6.31. The van der Waals surface area contributed by atoms with Crippen LogP contribution in [0.1, 0.15) is 5.56 Å². The van der Waals surface area contributed by atoms with Crippen molar-refractivity contribution in [3.05, 3.63) is 69.5 Å². The molecule has 3 rings (SSSR count). The molecule has 1 aromatic heterocycles. The molecular formula is C18H13ClF3N5O3. The first-order chi connectivity index (χ1) is 14.2. The van der Waals surface area contributed by atoms with Crippen molar-refractivity contribution < 1.29 is 22.8 Å². The molecule has 0 radical (unpaired) electrons. The molecule has 8 nitrogen and oxygen atoms in total.